The van der Waals surface area contributed by atoms with Gasteiger partial charge in [-0.2, -0.15) is 4.72 Å². The van der Waals surface area contributed by atoms with Crippen LogP contribution in [0.1, 0.15) is 47.9 Å². The lowest BCUT2D eigenvalue weighted by molar-refractivity contribution is 0.381. The molecule has 0 unspecified atom stereocenters. The molecule has 0 spiro atoms. The minimum absolute atomic E-state index is 0.169. The van der Waals surface area contributed by atoms with E-state index >= 15 is 0 Å². The van der Waals surface area contributed by atoms with E-state index in [-0.39, 0.29) is 5.89 Å². The number of hydrogen-bond donors (Lipinski definition) is 2. The van der Waals surface area contributed by atoms with Crippen LogP contribution in [0.3, 0.4) is 0 Å². The molecule has 0 bridgehead atoms. The first kappa shape index (κ1) is 23.3. The second kappa shape index (κ2) is 8.50. The number of hydrogen-bond acceptors (Lipinski definition) is 7. The molecule has 1 aromatic heterocycles. The van der Waals surface area contributed by atoms with Crippen molar-refractivity contribution in [1.29, 1.82) is 0 Å². The standard InChI is InChI=1S/C21H22FN3O6S2/c1-12(15-7-3-5-13-6-4-8-16(13)15)19(20-23-24-21(26)31-20)25-33(29,30)14-9-10-17(22)18(11-14)32(2,27)28/h3,5,7,9-12,19,25H,4,6,8H2,1-2H3,(H,24,26)/t12-,19+/m1/s1. The number of nitrogens with zero attached hydrogens (tertiary/aromatic N) is 1. The maximum absolute atomic E-state index is 14.0. The first-order chi connectivity index (χ1) is 15.5. The minimum atomic E-state index is -4.36. The zero-order chi connectivity index (χ0) is 24.0. The number of benzene rings is 2. The molecule has 0 fully saturated rings. The molecule has 1 aliphatic carbocycles. The summed E-state index contributed by atoms with van der Waals surface area (Å²) in [7, 11) is -8.37. The van der Waals surface area contributed by atoms with Crippen molar-refractivity contribution in [1.82, 2.24) is 14.9 Å². The van der Waals surface area contributed by atoms with Gasteiger partial charge in [0.15, 0.2) is 9.84 Å². The van der Waals surface area contributed by atoms with Crippen molar-refractivity contribution in [2.24, 2.45) is 0 Å². The summed E-state index contributed by atoms with van der Waals surface area (Å²) >= 11 is 0. The molecule has 1 heterocycles. The molecule has 0 saturated carbocycles. The third kappa shape index (κ3) is 4.63. The Morgan fingerprint density at radius 3 is 2.58 bits per heavy atom. The third-order valence-corrected chi connectivity index (χ3v) is 8.34. The van der Waals surface area contributed by atoms with Gasteiger partial charge in [-0.3, -0.25) is 0 Å². The van der Waals surface area contributed by atoms with Crippen molar-refractivity contribution in [2.45, 2.75) is 47.9 Å². The highest BCUT2D eigenvalue weighted by Crippen LogP contribution is 2.37. The molecule has 176 valence electrons. The summed E-state index contributed by atoms with van der Waals surface area (Å²) in [6.45, 7) is 1.78. The summed E-state index contributed by atoms with van der Waals surface area (Å²) in [6, 6.07) is 7.22. The van der Waals surface area contributed by atoms with Gasteiger partial charge in [0.25, 0.3) is 0 Å². The average molecular weight is 496 g/mol. The molecule has 2 aromatic carbocycles. The maximum atomic E-state index is 14.0. The molecule has 9 nitrogen and oxygen atoms in total. The Labute approximate surface area is 190 Å². The number of H-pyrrole nitrogens is 1. The molecule has 0 radical (unpaired) electrons. The number of sulfone groups is 1. The molecule has 0 aliphatic heterocycles. The predicted octanol–water partition coefficient (Wildman–Crippen LogP) is 2.22. The van der Waals surface area contributed by atoms with Crippen LogP contribution in [0.2, 0.25) is 0 Å². The SMILES string of the molecule is C[C@H](c1cccc2c1CCC2)[C@H](NS(=O)(=O)c1ccc(F)c(S(C)(=O)=O)c1)c1n[nH]c(=O)o1. The Morgan fingerprint density at radius 2 is 1.91 bits per heavy atom. The number of sulfonamides is 1. The van der Waals surface area contributed by atoms with Crippen LogP contribution in [0.15, 0.2) is 55.4 Å². The topological polar surface area (TPSA) is 139 Å². The van der Waals surface area contributed by atoms with Gasteiger partial charge in [0.05, 0.1) is 4.90 Å². The lowest BCUT2D eigenvalue weighted by Crippen LogP contribution is -2.32. The van der Waals surface area contributed by atoms with Gasteiger partial charge >= 0.3 is 5.76 Å². The molecule has 33 heavy (non-hydrogen) atoms. The molecule has 1 aliphatic rings. The maximum Gasteiger partial charge on any atom is 0.434 e. The summed E-state index contributed by atoms with van der Waals surface area (Å²) in [4.78, 5) is 10.4. The summed E-state index contributed by atoms with van der Waals surface area (Å²) in [5, 5.41) is 5.95. The van der Waals surface area contributed by atoms with Crippen LogP contribution < -0.4 is 10.5 Å². The molecule has 4 rings (SSSR count). The van der Waals surface area contributed by atoms with Crippen LogP contribution in [0.4, 0.5) is 4.39 Å². The second-order valence-corrected chi connectivity index (χ2v) is 11.7. The van der Waals surface area contributed by atoms with Crippen molar-refractivity contribution < 1.29 is 25.6 Å². The number of aromatic nitrogens is 2. The van der Waals surface area contributed by atoms with E-state index in [1.165, 1.54) is 5.56 Å². The Kier molecular flexibility index (Phi) is 6.01. The van der Waals surface area contributed by atoms with Crippen LogP contribution >= 0.6 is 0 Å². The van der Waals surface area contributed by atoms with Gasteiger partial charge in [0.1, 0.15) is 16.8 Å². The van der Waals surface area contributed by atoms with Gasteiger partial charge in [-0.05, 0) is 54.2 Å². The van der Waals surface area contributed by atoms with Gasteiger partial charge in [-0.1, -0.05) is 25.1 Å². The molecule has 2 N–H and O–H groups in total. The smallest absolute Gasteiger partial charge is 0.391 e. The van der Waals surface area contributed by atoms with Gasteiger partial charge in [0.2, 0.25) is 15.9 Å². The molecule has 0 saturated heterocycles. The van der Waals surface area contributed by atoms with Crippen molar-refractivity contribution in [3.8, 4) is 0 Å². The van der Waals surface area contributed by atoms with Crippen LogP contribution in [-0.4, -0.2) is 33.3 Å². The number of fused-ring (bicyclic) bond motifs is 1. The van der Waals surface area contributed by atoms with E-state index in [2.05, 4.69) is 14.9 Å². The largest absolute Gasteiger partial charge is 0.434 e. The fraction of sp³-hybridized carbons (Fsp3) is 0.333. The lowest BCUT2D eigenvalue weighted by Gasteiger charge is -2.24. The molecule has 3 aromatic rings. The Bertz CT molecular complexity index is 1480. The van der Waals surface area contributed by atoms with E-state index in [1.54, 1.807) is 6.92 Å². The van der Waals surface area contributed by atoms with Gasteiger partial charge in [-0.25, -0.2) is 31.1 Å². The van der Waals surface area contributed by atoms with E-state index in [0.29, 0.717) is 0 Å². The fourth-order valence-electron chi connectivity index (χ4n) is 4.17. The quantitative estimate of drug-likeness (QED) is 0.512. The van der Waals surface area contributed by atoms with E-state index < -0.39 is 53.2 Å². The molecular weight excluding hydrogens is 473 g/mol. The second-order valence-electron chi connectivity index (χ2n) is 8.04. The molecule has 2 atom stereocenters. The summed E-state index contributed by atoms with van der Waals surface area (Å²) in [6.07, 6.45) is 3.54. The van der Waals surface area contributed by atoms with Crippen molar-refractivity contribution in [2.75, 3.05) is 6.26 Å². The average Bonchev–Trinajstić information content (AvgIpc) is 3.39. The fourth-order valence-corrected chi connectivity index (χ4v) is 6.30. The predicted molar refractivity (Wildman–Crippen MR) is 117 cm³/mol. The van der Waals surface area contributed by atoms with Crippen LogP contribution in [0, 0.1) is 5.82 Å². The molecular formula is C21H22FN3O6S2. The Balaban J connectivity index is 1.77. The highest BCUT2D eigenvalue weighted by Gasteiger charge is 2.33. The first-order valence-corrected chi connectivity index (χ1v) is 13.5. The highest BCUT2D eigenvalue weighted by molar-refractivity contribution is 7.91. The van der Waals surface area contributed by atoms with Gasteiger partial charge in [-0.15, -0.1) is 5.10 Å². The summed E-state index contributed by atoms with van der Waals surface area (Å²) < 4.78 is 71.7. The number of halogens is 1. The van der Waals surface area contributed by atoms with E-state index in [4.69, 9.17) is 4.42 Å². The van der Waals surface area contributed by atoms with E-state index in [9.17, 15) is 26.0 Å². The summed E-state index contributed by atoms with van der Waals surface area (Å²) in [5.74, 6) is -2.56. The monoisotopic (exact) mass is 495 g/mol. The minimum Gasteiger partial charge on any atom is -0.391 e. The van der Waals surface area contributed by atoms with Gasteiger partial charge in [0, 0.05) is 12.2 Å². The zero-order valence-corrected chi connectivity index (χ0v) is 19.5. The number of aryl methyl sites for hydroxylation is 1. The molecule has 12 heteroatoms. The number of rotatable bonds is 7. The Hall–Kier alpha value is -2.83. The summed E-state index contributed by atoms with van der Waals surface area (Å²) in [5.41, 5.74) is 3.19. The number of aromatic amines is 1. The zero-order valence-electron chi connectivity index (χ0n) is 17.8. The van der Waals surface area contributed by atoms with E-state index in [1.807, 2.05) is 18.2 Å². The van der Waals surface area contributed by atoms with Crippen molar-refractivity contribution in [3.05, 3.63) is 75.3 Å². The van der Waals surface area contributed by atoms with Crippen LogP contribution in [0.5, 0.6) is 0 Å². The number of nitrogens with one attached hydrogen (secondary N) is 2. The van der Waals surface area contributed by atoms with Crippen molar-refractivity contribution >= 4 is 19.9 Å². The third-order valence-electron chi connectivity index (χ3n) is 5.79. The van der Waals surface area contributed by atoms with Crippen LogP contribution in [0.25, 0.3) is 0 Å². The molecule has 0 amide bonds. The van der Waals surface area contributed by atoms with Crippen molar-refractivity contribution in [3.63, 3.8) is 0 Å². The van der Waals surface area contributed by atoms with Gasteiger partial charge < -0.3 is 4.42 Å². The van der Waals surface area contributed by atoms with Crippen LogP contribution in [-0.2, 0) is 32.7 Å². The Morgan fingerprint density at radius 1 is 1.15 bits per heavy atom. The lowest BCUT2D eigenvalue weighted by atomic mass is 9.88. The normalized spacial score (nSPS) is 15.8. The highest BCUT2D eigenvalue weighted by atomic mass is 32.2. The first-order valence-electron chi connectivity index (χ1n) is 10.2. The van der Waals surface area contributed by atoms with E-state index in [0.717, 1.165) is 54.8 Å².